The summed E-state index contributed by atoms with van der Waals surface area (Å²) in [5.74, 6) is -2.32. The van der Waals surface area contributed by atoms with Gasteiger partial charge in [0.25, 0.3) is 11.8 Å². The molecule has 2 aromatic rings. The van der Waals surface area contributed by atoms with Gasteiger partial charge in [-0.3, -0.25) is 19.8 Å². The molecule has 0 aliphatic heterocycles. The lowest BCUT2D eigenvalue weighted by atomic mass is 9.99. The summed E-state index contributed by atoms with van der Waals surface area (Å²) in [6.07, 6.45) is 0.625. The summed E-state index contributed by atoms with van der Waals surface area (Å²) in [7, 11) is 0. The molecule has 0 aliphatic rings. The highest BCUT2D eigenvalue weighted by atomic mass is 19.1. The summed E-state index contributed by atoms with van der Waals surface area (Å²) in [5.41, 5.74) is 4.35. The number of likely N-dealkylation sites (N-methyl/N-ethyl adjacent to an activating group) is 1. The number of carbonyl (C=O) groups excluding carboxylic acids is 3. The number of hydrazine groups is 1. The Kier molecular flexibility index (Phi) is 14.0. The van der Waals surface area contributed by atoms with E-state index in [4.69, 9.17) is 0 Å². The van der Waals surface area contributed by atoms with Gasteiger partial charge in [-0.1, -0.05) is 34.6 Å². The van der Waals surface area contributed by atoms with Crippen LogP contribution in [-0.4, -0.2) is 71.1 Å². The van der Waals surface area contributed by atoms with E-state index in [9.17, 15) is 28.3 Å². The highest BCUT2D eigenvalue weighted by Gasteiger charge is 2.26. The average molecular weight is 589 g/mol. The number of aliphatic hydroxyl groups excluding tert-OH is 1. The summed E-state index contributed by atoms with van der Waals surface area (Å²) < 4.78 is 28.0. The molecule has 3 N–H and O–H groups in total. The normalized spacial score (nSPS) is 12.7. The van der Waals surface area contributed by atoms with E-state index in [-0.39, 0.29) is 41.8 Å². The molecule has 2 rings (SSSR count). The smallest absolute Gasteiger partial charge is 0.253 e. The van der Waals surface area contributed by atoms with E-state index in [0.29, 0.717) is 37.2 Å². The average Bonchev–Trinajstić information content (AvgIpc) is 2.90. The standard InChI is InChI=1S/C32H46F2N4O4/c1-7-10-37(11-8-2)32(42)25-14-22(6)13-24(18-25)31(41)35-28(17-23-15-26(33)19-27(34)16-23)29(39)20-38(9-3)36-30(40)12-21(4)5/h13-16,18-19,21,28-29,39H,7-12,17,20H2,1-6H3,(H,35,41)(H,36,40)/t28-,29-/m0/s1. The number of hydrogen-bond donors (Lipinski definition) is 3. The molecule has 8 nitrogen and oxygen atoms in total. The van der Waals surface area contributed by atoms with E-state index in [1.807, 2.05) is 34.6 Å². The van der Waals surface area contributed by atoms with Crippen molar-refractivity contribution in [2.24, 2.45) is 5.92 Å². The molecule has 0 aromatic heterocycles. The first-order valence-corrected chi connectivity index (χ1v) is 14.8. The second-order valence-electron chi connectivity index (χ2n) is 11.2. The fourth-order valence-corrected chi connectivity index (χ4v) is 4.79. The van der Waals surface area contributed by atoms with E-state index in [0.717, 1.165) is 31.0 Å². The van der Waals surface area contributed by atoms with Crippen LogP contribution in [0, 0.1) is 24.5 Å². The largest absolute Gasteiger partial charge is 0.390 e. The Labute approximate surface area is 248 Å². The molecule has 10 heteroatoms. The number of hydrogen-bond acceptors (Lipinski definition) is 5. The summed E-state index contributed by atoms with van der Waals surface area (Å²) in [6, 6.07) is 6.99. The van der Waals surface area contributed by atoms with Gasteiger partial charge in [0.2, 0.25) is 5.91 Å². The third kappa shape index (κ3) is 11.1. The van der Waals surface area contributed by atoms with E-state index in [1.54, 1.807) is 29.0 Å². The third-order valence-electron chi connectivity index (χ3n) is 6.69. The van der Waals surface area contributed by atoms with Crippen molar-refractivity contribution in [3.63, 3.8) is 0 Å². The Morgan fingerprint density at radius 2 is 1.50 bits per heavy atom. The summed E-state index contributed by atoms with van der Waals surface area (Å²) in [4.78, 5) is 40.8. The quantitative estimate of drug-likeness (QED) is 0.248. The Morgan fingerprint density at radius 3 is 2.05 bits per heavy atom. The van der Waals surface area contributed by atoms with Crippen molar-refractivity contribution in [3.05, 3.63) is 70.3 Å². The fourth-order valence-electron chi connectivity index (χ4n) is 4.79. The van der Waals surface area contributed by atoms with E-state index in [1.165, 1.54) is 6.07 Å². The van der Waals surface area contributed by atoms with Gasteiger partial charge in [-0.15, -0.1) is 0 Å². The molecular formula is C32H46F2N4O4. The van der Waals surface area contributed by atoms with Gasteiger partial charge in [0, 0.05) is 49.8 Å². The van der Waals surface area contributed by atoms with Crippen LogP contribution in [-0.2, 0) is 11.2 Å². The minimum absolute atomic E-state index is 0.0381. The van der Waals surface area contributed by atoms with Crippen molar-refractivity contribution in [3.8, 4) is 0 Å². The van der Waals surface area contributed by atoms with Crippen molar-refractivity contribution < 1.29 is 28.3 Å². The molecule has 42 heavy (non-hydrogen) atoms. The molecule has 2 aromatic carbocycles. The Balaban J connectivity index is 2.34. The van der Waals surface area contributed by atoms with Crippen LogP contribution in [0.15, 0.2) is 36.4 Å². The van der Waals surface area contributed by atoms with Crippen molar-refractivity contribution in [1.29, 1.82) is 0 Å². The Morgan fingerprint density at radius 1 is 0.905 bits per heavy atom. The van der Waals surface area contributed by atoms with Crippen LogP contribution in [0.5, 0.6) is 0 Å². The summed E-state index contributed by atoms with van der Waals surface area (Å²) >= 11 is 0. The topological polar surface area (TPSA) is 102 Å². The summed E-state index contributed by atoms with van der Waals surface area (Å²) in [6.45, 7) is 13.0. The summed E-state index contributed by atoms with van der Waals surface area (Å²) in [5, 5.41) is 15.6. The third-order valence-corrected chi connectivity index (χ3v) is 6.69. The van der Waals surface area contributed by atoms with Gasteiger partial charge in [-0.2, -0.15) is 0 Å². The number of aliphatic hydroxyl groups is 1. The van der Waals surface area contributed by atoms with Crippen molar-refractivity contribution in [2.45, 2.75) is 79.4 Å². The lowest BCUT2D eigenvalue weighted by Gasteiger charge is -2.30. The van der Waals surface area contributed by atoms with Crippen LogP contribution in [0.4, 0.5) is 8.78 Å². The maximum atomic E-state index is 14.0. The number of benzene rings is 2. The molecule has 0 bridgehead atoms. The second kappa shape index (κ2) is 16.9. The highest BCUT2D eigenvalue weighted by Crippen LogP contribution is 2.16. The monoisotopic (exact) mass is 588 g/mol. The first kappa shape index (κ1) is 34.8. The van der Waals surface area contributed by atoms with Crippen LogP contribution in [0.2, 0.25) is 0 Å². The zero-order chi connectivity index (χ0) is 31.4. The molecule has 0 fully saturated rings. The van der Waals surface area contributed by atoms with Gasteiger partial charge in [0.15, 0.2) is 0 Å². The van der Waals surface area contributed by atoms with Crippen LogP contribution >= 0.6 is 0 Å². The number of amides is 3. The van der Waals surface area contributed by atoms with Gasteiger partial charge in [-0.25, -0.2) is 13.8 Å². The lowest BCUT2D eigenvalue weighted by molar-refractivity contribution is -0.127. The first-order valence-electron chi connectivity index (χ1n) is 14.8. The molecule has 232 valence electrons. The van der Waals surface area contributed by atoms with Crippen molar-refractivity contribution >= 4 is 17.7 Å². The maximum absolute atomic E-state index is 14.0. The van der Waals surface area contributed by atoms with Crippen molar-refractivity contribution in [2.75, 3.05) is 26.2 Å². The maximum Gasteiger partial charge on any atom is 0.253 e. The zero-order valence-corrected chi connectivity index (χ0v) is 25.7. The number of rotatable bonds is 16. The van der Waals surface area contributed by atoms with Gasteiger partial charge >= 0.3 is 0 Å². The number of halogens is 2. The Bertz CT molecular complexity index is 1180. The van der Waals surface area contributed by atoms with Crippen molar-refractivity contribution in [1.82, 2.24) is 20.7 Å². The molecule has 0 saturated heterocycles. The number of aryl methyl sites for hydroxylation is 1. The second-order valence-corrected chi connectivity index (χ2v) is 11.2. The number of nitrogens with one attached hydrogen (secondary N) is 2. The van der Waals surface area contributed by atoms with E-state index < -0.39 is 29.7 Å². The fraction of sp³-hybridized carbons (Fsp3) is 0.531. The van der Waals surface area contributed by atoms with Crippen LogP contribution in [0.1, 0.15) is 85.7 Å². The minimum atomic E-state index is -1.21. The molecule has 0 heterocycles. The number of carbonyl (C=O) groups is 3. The van der Waals surface area contributed by atoms with Crippen LogP contribution in [0.25, 0.3) is 0 Å². The van der Waals surface area contributed by atoms with Gasteiger partial charge < -0.3 is 15.3 Å². The highest BCUT2D eigenvalue weighted by molar-refractivity contribution is 6.00. The molecule has 0 aliphatic carbocycles. The molecule has 3 amide bonds. The molecule has 0 unspecified atom stereocenters. The van der Waals surface area contributed by atoms with Crippen LogP contribution < -0.4 is 10.7 Å². The molecule has 0 radical (unpaired) electrons. The van der Waals surface area contributed by atoms with Crippen LogP contribution in [0.3, 0.4) is 0 Å². The first-order chi connectivity index (χ1) is 19.9. The lowest BCUT2D eigenvalue weighted by Crippen LogP contribution is -2.53. The minimum Gasteiger partial charge on any atom is -0.390 e. The van der Waals surface area contributed by atoms with Gasteiger partial charge in [0.05, 0.1) is 12.1 Å². The van der Waals surface area contributed by atoms with E-state index in [2.05, 4.69) is 10.7 Å². The van der Waals surface area contributed by atoms with Gasteiger partial charge in [-0.05, 0) is 73.6 Å². The van der Waals surface area contributed by atoms with E-state index >= 15 is 0 Å². The SMILES string of the molecule is CCCN(CCC)C(=O)c1cc(C)cc(C(=O)N[C@@H](Cc2cc(F)cc(F)c2)[C@@H](O)CN(CC)NC(=O)CC(C)C)c1. The molecule has 2 atom stereocenters. The number of nitrogens with zero attached hydrogens (tertiary/aromatic N) is 2. The molecule has 0 saturated carbocycles. The van der Waals surface area contributed by atoms with Gasteiger partial charge in [0.1, 0.15) is 11.6 Å². The Hall–Kier alpha value is -3.37. The zero-order valence-electron chi connectivity index (χ0n) is 25.7. The molecule has 0 spiro atoms. The predicted octanol–water partition coefficient (Wildman–Crippen LogP) is 4.64. The predicted molar refractivity (Wildman–Crippen MR) is 160 cm³/mol. The molecular weight excluding hydrogens is 542 g/mol.